The van der Waals surface area contributed by atoms with Crippen molar-refractivity contribution in [1.29, 1.82) is 0 Å². The summed E-state index contributed by atoms with van der Waals surface area (Å²) in [6.07, 6.45) is 4.08. The van der Waals surface area contributed by atoms with E-state index in [9.17, 15) is 0 Å². The van der Waals surface area contributed by atoms with Gasteiger partial charge < -0.3 is 13.2 Å². The van der Waals surface area contributed by atoms with E-state index in [1.807, 2.05) is 47.0 Å². The Kier molecular flexibility index (Phi) is 3.63. The van der Waals surface area contributed by atoms with Crippen LogP contribution in [0.15, 0.2) is 118 Å². The molecule has 0 atom stereocenters. The van der Waals surface area contributed by atoms with Gasteiger partial charge in [0, 0.05) is 39.5 Å². The normalized spacial score (nSPS) is 12.0. The molecule has 4 aromatic carbocycles. The number of imidazole rings is 1. The molecule has 4 nitrogen and oxygen atoms in total. The number of rotatable bonds is 2. The molecular formula is C31H18N2O2. The van der Waals surface area contributed by atoms with Gasteiger partial charge in [0.25, 0.3) is 0 Å². The third kappa shape index (κ3) is 2.77. The van der Waals surface area contributed by atoms with Crippen LogP contribution in [0.25, 0.3) is 71.9 Å². The average Bonchev–Trinajstić information content (AvgIpc) is 3.60. The van der Waals surface area contributed by atoms with Gasteiger partial charge in [-0.05, 0) is 53.6 Å². The summed E-state index contributed by atoms with van der Waals surface area (Å²) in [5.41, 5.74) is 8.83. The lowest BCUT2D eigenvalue weighted by Gasteiger charge is -2.03. The number of para-hydroxylation sites is 1. The first-order valence-electron chi connectivity index (χ1n) is 11.6. The summed E-state index contributed by atoms with van der Waals surface area (Å²) in [6.45, 7) is 0. The van der Waals surface area contributed by atoms with Crippen LogP contribution < -0.4 is 0 Å². The molecule has 0 aliphatic heterocycles. The van der Waals surface area contributed by atoms with E-state index in [4.69, 9.17) is 13.8 Å². The number of benzene rings is 4. The predicted octanol–water partition coefficient (Wildman–Crippen LogP) is 8.47. The zero-order chi connectivity index (χ0) is 22.9. The van der Waals surface area contributed by atoms with E-state index in [0.717, 1.165) is 71.9 Å². The summed E-state index contributed by atoms with van der Waals surface area (Å²) >= 11 is 0. The number of aromatic nitrogens is 2. The lowest BCUT2D eigenvalue weighted by molar-refractivity contribution is 0.664. The van der Waals surface area contributed by atoms with Crippen molar-refractivity contribution >= 4 is 49.5 Å². The first kappa shape index (κ1) is 18.6. The fourth-order valence-electron chi connectivity index (χ4n) is 5.08. The molecule has 0 amide bonds. The standard InChI is InChI=1S/C31H18N2O2/c1-2-6-27-22(5-1)24-16-30-25(17-29(24)34-27)23-15-21(12-13-28(23)35-30)19-8-10-20(11-9-19)26-18-33-14-4-3-7-31(33)32-26/h1-18H. The van der Waals surface area contributed by atoms with Crippen LogP contribution >= 0.6 is 0 Å². The molecule has 0 saturated heterocycles. The van der Waals surface area contributed by atoms with Crippen molar-refractivity contribution in [2.45, 2.75) is 0 Å². The van der Waals surface area contributed by atoms with Crippen molar-refractivity contribution in [1.82, 2.24) is 9.38 Å². The zero-order valence-electron chi connectivity index (χ0n) is 18.6. The molecular weight excluding hydrogens is 432 g/mol. The Labute approximate surface area is 199 Å². The Morgan fingerprint density at radius 3 is 2.00 bits per heavy atom. The topological polar surface area (TPSA) is 43.6 Å². The SMILES string of the molecule is c1ccc2c(c1)oc1cc3c(cc12)oc1ccc(-c2ccc(-c4cn5ccccc5n4)cc2)cc13. The lowest BCUT2D eigenvalue weighted by Crippen LogP contribution is -1.80. The second kappa shape index (κ2) is 6.84. The van der Waals surface area contributed by atoms with Crippen LogP contribution in [0.5, 0.6) is 0 Å². The molecule has 8 aromatic rings. The molecule has 0 bridgehead atoms. The van der Waals surface area contributed by atoms with Gasteiger partial charge in [0.2, 0.25) is 0 Å². The van der Waals surface area contributed by atoms with E-state index in [-0.39, 0.29) is 0 Å². The number of hydrogen-bond donors (Lipinski definition) is 0. The Morgan fingerprint density at radius 1 is 0.514 bits per heavy atom. The molecule has 0 unspecified atom stereocenters. The van der Waals surface area contributed by atoms with Crippen molar-refractivity contribution in [3.05, 3.63) is 109 Å². The Morgan fingerprint density at radius 2 is 1.17 bits per heavy atom. The highest BCUT2D eigenvalue weighted by molar-refractivity contribution is 6.15. The number of fused-ring (bicyclic) bond motifs is 7. The molecule has 4 heterocycles. The monoisotopic (exact) mass is 450 g/mol. The number of nitrogens with zero attached hydrogens (tertiary/aromatic N) is 2. The highest BCUT2D eigenvalue weighted by atomic mass is 16.3. The summed E-state index contributed by atoms with van der Waals surface area (Å²) < 4.78 is 14.4. The molecule has 0 spiro atoms. The maximum Gasteiger partial charge on any atom is 0.137 e. The van der Waals surface area contributed by atoms with Crippen LogP contribution in [0, 0.1) is 0 Å². The summed E-state index contributed by atoms with van der Waals surface area (Å²) in [5.74, 6) is 0. The minimum Gasteiger partial charge on any atom is -0.456 e. The Bertz CT molecular complexity index is 2020. The van der Waals surface area contributed by atoms with E-state index in [1.165, 1.54) is 0 Å². The van der Waals surface area contributed by atoms with E-state index in [2.05, 4.69) is 66.9 Å². The number of furan rings is 2. The summed E-state index contributed by atoms with van der Waals surface area (Å²) in [7, 11) is 0. The van der Waals surface area contributed by atoms with Gasteiger partial charge >= 0.3 is 0 Å². The molecule has 8 rings (SSSR count). The van der Waals surface area contributed by atoms with Crippen molar-refractivity contribution in [3.63, 3.8) is 0 Å². The van der Waals surface area contributed by atoms with Crippen molar-refractivity contribution in [2.75, 3.05) is 0 Å². The van der Waals surface area contributed by atoms with Gasteiger partial charge in [-0.25, -0.2) is 4.98 Å². The Hall–Kier alpha value is -4.83. The zero-order valence-corrected chi connectivity index (χ0v) is 18.6. The second-order valence-corrected chi connectivity index (χ2v) is 8.93. The summed E-state index contributed by atoms with van der Waals surface area (Å²) in [5, 5.41) is 4.34. The molecule has 4 aromatic heterocycles. The number of hydrogen-bond acceptors (Lipinski definition) is 3. The summed E-state index contributed by atoms with van der Waals surface area (Å²) in [6, 6.07) is 33.3. The quantitative estimate of drug-likeness (QED) is 0.265. The van der Waals surface area contributed by atoms with Crippen LogP contribution in [0.1, 0.15) is 0 Å². The predicted molar refractivity (Wildman–Crippen MR) is 141 cm³/mol. The average molecular weight is 450 g/mol. The van der Waals surface area contributed by atoms with Crippen LogP contribution in [-0.4, -0.2) is 9.38 Å². The van der Waals surface area contributed by atoms with Gasteiger partial charge in [0.15, 0.2) is 0 Å². The van der Waals surface area contributed by atoms with Crippen molar-refractivity contribution in [2.24, 2.45) is 0 Å². The number of pyridine rings is 1. The highest BCUT2D eigenvalue weighted by Crippen LogP contribution is 2.38. The summed E-state index contributed by atoms with van der Waals surface area (Å²) in [4.78, 5) is 4.74. The van der Waals surface area contributed by atoms with Gasteiger partial charge in [0.05, 0.1) is 5.69 Å². The van der Waals surface area contributed by atoms with Crippen molar-refractivity contribution in [3.8, 4) is 22.4 Å². The van der Waals surface area contributed by atoms with Gasteiger partial charge in [0.1, 0.15) is 28.0 Å². The fraction of sp³-hybridized carbons (Fsp3) is 0. The fourth-order valence-corrected chi connectivity index (χ4v) is 5.08. The van der Waals surface area contributed by atoms with E-state index < -0.39 is 0 Å². The molecule has 0 aliphatic rings. The molecule has 0 saturated carbocycles. The minimum atomic E-state index is 0.874. The third-order valence-electron chi connectivity index (χ3n) is 6.85. The van der Waals surface area contributed by atoms with E-state index in [0.29, 0.717) is 0 Å². The lowest BCUT2D eigenvalue weighted by atomic mass is 10.0. The molecule has 0 N–H and O–H groups in total. The van der Waals surface area contributed by atoms with Crippen LogP contribution in [0.2, 0.25) is 0 Å². The van der Waals surface area contributed by atoms with Crippen LogP contribution in [0.4, 0.5) is 0 Å². The highest BCUT2D eigenvalue weighted by Gasteiger charge is 2.14. The molecule has 35 heavy (non-hydrogen) atoms. The van der Waals surface area contributed by atoms with Gasteiger partial charge in [-0.1, -0.05) is 54.6 Å². The first-order chi connectivity index (χ1) is 17.3. The third-order valence-corrected chi connectivity index (χ3v) is 6.85. The molecule has 0 fully saturated rings. The van der Waals surface area contributed by atoms with Crippen LogP contribution in [-0.2, 0) is 0 Å². The molecule has 164 valence electrons. The van der Waals surface area contributed by atoms with Crippen LogP contribution in [0.3, 0.4) is 0 Å². The molecule has 0 aliphatic carbocycles. The first-order valence-corrected chi connectivity index (χ1v) is 11.6. The van der Waals surface area contributed by atoms with Gasteiger partial charge in [-0.15, -0.1) is 0 Å². The Balaban J connectivity index is 1.23. The maximum absolute atomic E-state index is 6.22. The van der Waals surface area contributed by atoms with Gasteiger partial charge in [-0.2, -0.15) is 0 Å². The minimum absolute atomic E-state index is 0.874. The largest absolute Gasteiger partial charge is 0.456 e. The second-order valence-electron chi connectivity index (χ2n) is 8.93. The van der Waals surface area contributed by atoms with Crippen molar-refractivity contribution < 1.29 is 8.83 Å². The molecule has 4 heteroatoms. The van der Waals surface area contributed by atoms with Gasteiger partial charge in [-0.3, -0.25) is 0 Å². The maximum atomic E-state index is 6.22. The van der Waals surface area contributed by atoms with E-state index >= 15 is 0 Å². The smallest absolute Gasteiger partial charge is 0.137 e. The van der Waals surface area contributed by atoms with E-state index in [1.54, 1.807) is 0 Å². The molecule has 0 radical (unpaired) electrons.